The minimum atomic E-state index is -0.143. The largest absolute Gasteiger partial charge is 0.497 e. The lowest BCUT2D eigenvalue weighted by Gasteiger charge is -2.09. The van der Waals surface area contributed by atoms with Gasteiger partial charge in [-0.05, 0) is 47.5 Å². The van der Waals surface area contributed by atoms with Crippen molar-refractivity contribution in [3.63, 3.8) is 0 Å². The third kappa shape index (κ3) is 4.80. The summed E-state index contributed by atoms with van der Waals surface area (Å²) >= 11 is 0. The van der Waals surface area contributed by atoms with Crippen LogP contribution in [0.4, 0.5) is 5.82 Å². The van der Waals surface area contributed by atoms with E-state index in [-0.39, 0.29) is 5.91 Å². The molecule has 1 amide bonds. The zero-order chi connectivity index (χ0) is 18.2. The first-order valence-electron chi connectivity index (χ1n) is 8.24. The Bertz CT molecular complexity index is 851. The van der Waals surface area contributed by atoms with Crippen molar-refractivity contribution in [2.75, 3.05) is 12.4 Å². The number of amides is 1. The normalized spacial score (nSPS) is 10.2. The van der Waals surface area contributed by atoms with Crippen molar-refractivity contribution in [1.29, 1.82) is 0 Å². The average Bonchev–Trinajstić information content (AvgIpc) is 2.72. The molecular weight excluding hydrogens is 328 g/mol. The number of nitrogens with one attached hydrogen (secondary N) is 2. The molecule has 0 spiro atoms. The van der Waals surface area contributed by atoms with E-state index in [1.807, 2.05) is 36.4 Å². The van der Waals surface area contributed by atoms with E-state index in [1.54, 1.807) is 37.8 Å². The van der Waals surface area contributed by atoms with Crippen molar-refractivity contribution in [2.24, 2.45) is 0 Å². The number of aromatic nitrogens is 2. The first kappa shape index (κ1) is 17.4. The van der Waals surface area contributed by atoms with Gasteiger partial charge in [0.25, 0.3) is 5.91 Å². The third-order valence-electron chi connectivity index (χ3n) is 3.86. The van der Waals surface area contributed by atoms with Crippen LogP contribution in [-0.4, -0.2) is 23.0 Å². The van der Waals surface area contributed by atoms with Gasteiger partial charge in [0.1, 0.15) is 11.6 Å². The second-order valence-electron chi connectivity index (χ2n) is 5.67. The Kier molecular flexibility index (Phi) is 5.77. The maximum absolute atomic E-state index is 12.4. The van der Waals surface area contributed by atoms with Gasteiger partial charge in [-0.25, -0.2) is 4.98 Å². The highest BCUT2D eigenvalue weighted by Crippen LogP contribution is 2.12. The van der Waals surface area contributed by atoms with Crippen molar-refractivity contribution in [1.82, 2.24) is 15.3 Å². The number of rotatable bonds is 7. The van der Waals surface area contributed by atoms with Gasteiger partial charge in [0.15, 0.2) is 0 Å². The van der Waals surface area contributed by atoms with E-state index in [2.05, 4.69) is 20.6 Å². The molecule has 0 aliphatic heterocycles. The van der Waals surface area contributed by atoms with Crippen LogP contribution in [0, 0.1) is 0 Å². The first-order chi connectivity index (χ1) is 12.7. The Morgan fingerprint density at radius 2 is 1.69 bits per heavy atom. The fourth-order valence-corrected chi connectivity index (χ4v) is 2.39. The van der Waals surface area contributed by atoms with Gasteiger partial charge >= 0.3 is 0 Å². The number of nitrogens with zero attached hydrogens (tertiary/aromatic N) is 2. The highest BCUT2D eigenvalue weighted by atomic mass is 16.5. The molecule has 132 valence electrons. The number of carbonyl (C=O) groups excluding carboxylic acids is 1. The molecule has 0 unspecified atom stereocenters. The predicted molar refractivity (Wildman–Crippen MR) is 100.0 cm³/mol. The Labute approximate surface area is 152 Å². The highest BCUT2D eigenvalue weighted by molar-refractivity contribution is 5.94. The summed E-state index contributed by atoms with van der Waals surface area (Å²) in [4.78, 5) is 20.6. The van der Waals surface area contributed by atoms with Crippen molar-refractivity contribution in [3.8, 4) is 5.75 Å². The second-order valence-corrected chi connectivity index (χ2v) is 5.67. The molecule has 2 aromatic heterocycles. The molecule has 6 heteroatoms. The summed E-state index contributed by atoms with van der Waals surface area (Å²) in [6.07, 6.45) is 5.11. The molecule has 0 bridgehead atoms. The Balaban J connectivity index is 1.57. The molecule has 1 aromatic carbocycles. The number of hydrogen-bond acceptors (Lipinski definition) is 5. The number of benzene rings is 1. The van der Waals surface area contributed by atoms with Crippen molar-refractivity contribution in [2.45, 2.75) is 13.1 Å². The summed E-state index contributed by atoms with van der Waals surface area (Å²) in [6.45, 7) is 1.07. The highest BCUT2D eigenvalue weighted by Gasteiger charge is 2.07. The second kappa shape index (κ2) is 8.62. The van der Waals surface area contributed by atoms with Gasteiger partial charge < -0.3 is 15.4 Å². The van der Waals surface area contributed by atoms with Crippen LogP contribution < -0.4 is 15.4 Å². The molecule has 0 saturated heterocycles. The molecule has 0 aliphatic carbocycles. The third-order valence-corrected chi connectivity index (χ3v) is 3.86. The van der Waals surface area contributed by atoms with Crippen molar-refractivity contribution >= 4 is 11.7 Å². The topological polar surface area (TPSA) is 76.1 Å². The SMILES string of the molecule is COc1ccc(CNC(=O)c2ccnc(NCc3ccncc3)c2)cc1. The predicted octanol–water partition coefficient (Wildman–Crippen LogP) is 3.03. The lowest BCUT2D eigenvalue weighted by atomic mass is 10.2. The molecule has 0 fully saturated rings. The summed E-state index contributed by atoms with van der Waals surface area (Å²) in [5.41, 5.74) is 2.66. The maximum Gasteiger partial charge on any atom is 0.251 e. The summed E-state index contributed by atoms with van der Waals surface area (Å²) in [7, 11) is 1.63. The Morgan fingerprint density at radius 1 is 0.962 bits per heavy atom. The first-order valence-corrected chi connectivity index (χ1v) is 8.24. The molecule has 0 atom stereocenters. The van der Waals surface area contributed by atoms with Crippen LogP contribution in [0.2, 0.25) is 0 Å². The van der Waals surface area contributed by atoms with Gasteiger partial charge in [0, 0.05) is 37.2 Å². The number of pyridine rings is 2. The van der Waals surface area contributed by atoms with E-state index >= 15 is 0 Å². The van der Waals surface area contributed by atoms with E-state index in [1.165, 1.54) is 0 Å². The van der Waals surface area contributed by atoms with Crippen LogP contribution in [-0.2, 0) is 13.1 Å². The average molecular weight is 348 g/mol. The Morgan fingerprint density at radius 3 is 2.42 bits per heavy atom. The van der Waals surface area contributed by atoms with E-state index in [0.29, 0.717) is 24.5 Å². The fourth-order valence-electron chi connectivity index (χ4n) is 2.39. The number of hydrogen-bond donors (Lipinski definition) is 2. The van der Waals surface area contributed by atoms with Crippen LogP contribution in [0.5, 0.6) is 5.75 Å². The minimum Gasteiger partial charge on any atom is -0.497 e. The molecule has 6 nitrogen and oxygen atoms in total. The van der Waals surface area contributed by atoms with Crippen LogP contribution in [0.1, 0.15) is 21.5 Å². The van der Waals surface area contributed by atoms with Gasteiger partial charge in [-0.2, -0.15) is 0 Å². The van der Waals surface area contributed by atoms with Gasteiger partial charge in [0.2, 0.25) is 0 Å². The fraction of sp³-hybridized carbons (Fsp3) is 0.150. The molecule has 0 saturated carbocycles. The van der Waals surface area contributed by atoms with Crippen molar-refractivity contribution in [3.05, 3.63) is 83.8 Å². The summed E-state index contributed by atoms with van der Waals surface area (Å²) in [5, 5.41) is 6.12. The summed E-state index contributed by atoms with van der Waals surface area (Å²) in [6, 6.07) is 14.9. The van der Waals surface area contributed by atoms with Gasteiger partial charge in [0.05, 0.1) is 7.11 Å². The number of anilines is 1. The van der Waals surface area contributed by atoms with Crippen molar-refractivity contribution < 1.29 is 9.53 Å². The minimum absolute atomic E-state index is 0.143. The molecule has 3 aromatic rings. The number of carbonyl (C=O) groups is 1. The molecule has 2 heterocycles. The molecule has 2 N–H and O–H groups in total. The van der Waals surface area contributed by atoms with Crippen LogP contribution in [0.15, 0.2) is 67.1 Å². The molecule has 3 rings (SSSR count). The van der Waals surface area contributed by atoms with E-state index < -0.39 is 0 Å². The monoisotopic (exact) mass is 348 g/mol. The Hall–Kier alpha value is -3.41. The quantitative estimate of drug-likeness (QED) is 0.686. The number of ether oxygens (including phenoxy) is 1. The zero-order valence-corrected chi connectivity index (χ0v) is 14.5. The standard InChI is InChI=1S/C20H20N4O2/c1-26-18-4-2-15(3-5-18)14-24-20(25)17-8-11-22-19(12-17)23-13-16-6-9-21-10-7-16/h2-12H,13-14H2,1H3,(H,22,23)(H,24,25). The van der Waals surface area contributed by atoms with Crippen LogP contribution >= 0.6 is 0 Å². The van der Waals surface area contributed by atoms with E-state index in [9.17, 15) is 4.79 Å². The van der Waals surface area contributed by atoms with E-state index in [4.69, 9.17) is 4.74 Å². The van der Waals surface area contributed by atoms with Crippen LogP contribution in [0.25, 0.3) is 0 Å². The van der Waals surface area contributed by atoms with Gasteiger partial charge in [-0.15, -0.1) is 0 Å². The zero-order valence-electron chi connectivity index (χ0n) is 14.5. The van der Waals surface area contributed by atoms with Gasteiger partial charge in [-0.3, -0.25) is 9.78 Å². The number of methoxy groups -OCH3 is 1. The van der Waals surface area contributed by atoms with E-state index in [0.717, 1.165) is 16.9 Å². The maximum atomic E-state index is 12.4. The van der Waals surface area contributed by atoms with Crippen LogP contribution in [0.3, 0.4) is 0 Å². The molecule has 26 heavy (non-hydrogen) atoms. The smallest absolute Gasteiger partial charge is 0.251 e. The molecule has 0 aliphatic rings. The summed E-state index contributed by atoms with van der Waals surface area (Å²) < 4.78 is 5.13. The lowest BCUT2D eigenvalue weighted by Crippen LogP contribution is -2.23. The van der Waals surface area contributed by atoms with Gasteiger partial charge in [-0.1, -0.05) is 12.1 Å². The molecule has 0 radical (unpaired) electrons. The lowest BCUT2D eigenvalue weighted by molar-refractivity contribution is 0.0951. The summed E-state index contributed by atoms with van der Waals surface area (Å²) in [5.74, 6) is 1.30. The molecular formula is C20H20N4O2.